The average Bonchev–Trinajstić information content (AvgIpc) is 2.72. The third kappa shape index (κ3) is 5.71. The van der Waals surface area contributed by atoms with Crippen LogP contribution in [0.15, 0.2) is 42.5 Å². The summed E-state index contributed by atoms with van der Waals surface area (Å²) in [6.45, 7) is 1.58. The summed E-state index contributed by atoms with van der Waals surface area (Å²) in [5.41, 5.74) is 1.12. The molecule has 10 nitrogen and oxygen atoms in total. The van der Waals surface area contributed by atoms with Crippen molar-refractivity contribution in [1.29, 1.82) is 0 Å². The molecule has 3 rings (SSSR count). The van der Waals surface area contributed by atoms with Crippen molar-refractivity contribution in [2.75, 3.05) is 30.5 Å². The molecule has 2 aromatic carbocycles. The van der Waals surface area contributed by atoms with Gasteiger partial charge in [0.15, 0.2) is 18.1 Å². The van der Waals surface area contributed by atoms with E-state index in [1.54, 1.807) is 18.2 Å². The zero-order valence-corrected chi connectivity index (χ0v) is 16.0. The molecule has 1 heterocycles. The molecule has 30 heavy (non-hydrogen) atoms. The summed E-state index contributed by atoms with van der Waals surface area (Å²) >= 11 is 0. The molecule has 156 valence electrons. The van der Waals surface area contributed by atoms with Crippen molar-refractivity contribution in [3.05, 3.63) is 48.0 Å². The third-order valence-electron chi connectivity index (χ3n) is 3.83. The molecular weight excluding hydrogens is 394 g/mol. The van der Waals surface area contributed by atoms with E-state index in [9.17, 15) is 19.2 Å². The van der Waals surface area contributed by atoms with E-state index in [4.69, 9.17) is 14.2 Å². The van der Waals surface area contributed by atoms with E-state index < -0.39 is 24.5 Å². The number of urea groups is 1. The minimum Gasteiger partial charge on any atom is -0.486 e. The molecule has 3 N–H and O–H groups in total. The number of hydrogen-bond acceptors (Lipinski definition) is 7. The van der Waals surface area contributed by atoms with Crippen molar-refractivity contribution in [2.24, 2.45) is 0 Å². The standard InChI is InChI=1S/C20H19N3O7/c1-12(24)21-14-4-2-13(3-5-14)19(26)30-11-18(25)23-20(27)22-15-6-7-16-17(10-15)29-9-8-28-16/h2-7,10H,8-9,11H2,1H3,(H,21,24)(H2,22,23,25,27). The molecule has 1 aliphatic heterocycles. The Bertz CT molecular complexity index is 973. The second-order valence-electron chi connectivity index (χ2n) is 6.20. The van der Waals surface area contributed by atoms with Crippen LogP contribution in [0, 0.1) is 0 Å². The van der Waals surface area contributed by atoms with Gasteiger partial charge in [-0.2, -0.15) is 0 Å². The van der Waals surface area contributed by atoms with Crippen LogP contribution in [0.1, 0.15) is 17.3 Å². The fourth-order valence-corrected chi connectivity index (χ4v) is 2.55. The Morgan fingerprint density at radius 3 is 2.27 bits per heavy atom. The zero-order valence-electron chi connectivity index (χ0n) is 16.0. The lowest BCUT2D eigenvalue weighted by Crippen LogP contribution is -2.37. The van der Waals surface area contributed by atoms with Crippen molar-refractivity contribution in [3.63, 3.8) is 0 Å². The summed E-state index contributed by atoms with van der Waals surface area (Å²) in [6, 6.07) is 9.97. The van der Waals surface area contributed by atoms with Crippen LogP contribution in [0.2, 0.25) is 0 Å². The van der Waals surface area contributed by atoms with Crippen molar-refractivity contribution in [2.45, 2.75) is 6.92 Å². The number of rotatable bonds is 5. The van der Waals surface area contributed by atoms with Crippen LogP contribution in [0.5, 0.6) is 11.5 Å². The van der Waals surface area contributed by atoms with E-state index in [1.165, 1.54) is 31.2 Å². The van der Waals surface area contributed by atoms with Crippen LogP contribution < -0.4 is 25.4 Å². The van der Waals surface area contributed by atoms with Gasteiger partial charge in [-0.15, -0.1) is 0 Å². The number of esters is 1. The number of nitrogens with one attached hydrogen (secondary N) is 3. The second-order valence-corrected chi connectivity index (χ2v) is 6.20. The molecule has 0 aromatic heterocycles. The molecule has 10 heteroatoms. The smallest absolute Gasteiger partial charge is 0.338 e. The number of ether oxygens (including phenoxy) is 3. The maximum atomic E-state index is 12.0. The van der Waals surface area contributed by atoms with Crippen LogP contribution in [0.4, 0.5) is 16.2 Å². The minimum absolute atomic E-state index is 0.192. The van der Waals surface area contributed by atoms with E-state index in [0.717, 1.165) is 0 Å². The molecule has 0 atom stereocenters. The highest BCUT2D eigenvalue weighted by Gasteiger charge is 2.15. The van der Waals surface area contributed by atoms with Crippen LogP contribution >= 0.6 is 0 Å². The van der Waals surface area contributed by atoms with Crippen LogP contribution in [0.25, 0.3) is 0 Å². The highest BCUT2D eigenvalue weighted by Crippen LogP contribution is 2.32. The first-order valence-corrected chi connectivity index (χ1v) is 8.96. The molecule has 0 saturated carbocycles. The fraction of sp³-hybridized carbons (Fsp3) is 0.200. The fourth-order valence-electron chi connectivity index (χ4n) is 2.55. The van der Waals surface area contributed by atoms with Crippen molar-refractivity contribution in [3.8, 4) is 11.5 Å². The van der Waals surface area contributed by atoms with E-state index in [2.05, 4.69) is 16.0 Å². The molecule has 0 unspecified atom stereocenters. The molecule has 0 fully saturated rings. The van der Waals surface area contributed by atoms with Crippen LogP contribution in [-0.2, 0) is 14.3 Å². The van der Waals surface area contributed by atoms with Crippen LogP contribution in [-0.4, -0.2) is 43.6 Å². The Morgan fingerprint density at radius 1 is 0.900 bits per heavy atom. The van der Waals surface area contributed by atoms with Gasteiger partial charge in [0.25, 0.3) is 5.91 Å². The van der Waals surface area contributed by atoms with Gasteiger partial charge in [0.2, 0.25) is 5.91 Å². The summed E-state index contributed by atoms with van der Waals surface area (Å²) in [4.78, 5) is 46.8. The van der Waals surface area contributed by atoms with Gasteiger partial charge in [-0.05, 0) is 36.4 Å². The maximum Gasteiger partial charge on any atom is 0.338 e. The summed E-state index contributed by atoms with van der Waals surface area (Å²) in [5, 5.41) is 7.11. The van der Waals surface area contributed by atoms with Gasteiger partial charge in [-0.25, -0.2) is 9.59 Å². The minimum atomic E-state index is -0.798. The molecule has 4 amide bonds. The van der Waals surface area contributed by atoms with E-state index in [-0.39, 0.29) is 11.5 Å². The van der Waals surface area contributed by atoms with E-state index in [0.29, 0.717) is 36.1 Å². The maximum absolute atomic E-state index is 12.0. The van der Waals surface area contributed by atoms with E-state index >= 15 is 0 Å². The topological polar surface area (TPSA) is 132 Å². The largest absolute Gasteiger partial charge is 0.486 e. The molecular formula is C20H19N3O7. The van der Waals surface area contributed by atoms with Gasteiger partial charge in [-0.1, -0.05) is 0 Å². The Hall–Kier alpha value is -4.08. The molecule has 0 bridgehead atoms. The Kier molecular flexibility index (Phi) is 6.48. The normalized spacial score (nSPS) is 11.8. The number of benzene rings is 2. The number of imide groups is 1. The first-order chi connectivity index (χ1) is 14.4. The number of carbonyl (C=O) groups excluding carboxylic acids is 4. The second kappa shape index (κ2) is 9.41. The van der Waals surface area contributed by atoms with Crippen molar-refractivity contribution in [1.82, 2.24) is 5.32 Å². The highest BCUT2D eigenvalue weighted by atomic mass is 16.6. The summed E-state index contributed by atoms with van der Waals surface area (Å²) < 4.78 is 15.7. The van der Waals surface area contributed by atoms with Gasteiger partial charge < -0.3 is 24.8 Å². The molecule has 2 aromatic rings. The molecule has 0 radical (unpaired) electrons. The zero-order chi connectivity index (χ0) is 21.5. The van der Waals surface area contributed by atoms with Crippen molar-refractivity contribution < 1.29 is 33.4 Å². The number of carbonyl (C=O) groups is 4. The quantitative estimate of drug-likeness (QED) is 0.638. The Labute approximate surface area is 171 Å². The van der Waals surface area contributed by atoms with Gasteiger partial charge in [0, 0.05) is 24.4 Å². The Morgan fingerprint density at radius 2 is 1.57 bits per heavy atom. The first-order valence-electron chi connectivity index (χ1n) is 8.96. The summed E-state index contributed by atoms with van der Waals surface area (Å²) in [7, 11) is 0. The van der Waals surface area contributed by atoms with Gasteiger partial charge in [0.05, 0.1) is 5.56 Å². The van der Waals surface area contributed by atoms with Gasteiger partial charge in [-0.3, -0.25) is 14.9 Å². The highest BCUT2D eigenvalue weighted by molar-refractivity contribution is 6.02. The molecule has 0 saturated heterocycles. The lowest BCUT2D eigenvalue weighted by molar-refractivity contribution is -0.123. The van der Waals surface area contributed by atoms with Crippen molar-refractivity contribution >= 4 is 35.2 Å². The van der Waals surface area contributed by atoms with Gasteiger partial charge >= 0.3 is 12.0 Å². The lowest BCUT2D eigenvalue weighted by atomic mass is 10.2. The predicted octanol–water partition coefficient (Wildman–Crippen LogP) is 1.92. The predicted molar refractivity (Wildman–Crippen MR) is 106 cm³/mol. The lowest BCUT2D eigenvalue weighted by Gasteiger charge is -2.19. The summed E-state index contributed by atoms with van der Waals surface area (Å²) in [5.74, 6) is -0.722. The number of fused-ring (bicyclic) bond motifs is 1. The number of amides is 4. The molecule has 1 aliphatic rings. The number of hydrogen-bond donors (Lipinski definition) is 3. The molecule has 0 spiro atoms. The number of anilines is 2. The third-order valence-corrected chi connectivity index (χ3v) is 3.83. The SMILES string of the molecule is CC(=O)Nc1ccc(C(=O)OCC(=O)NC(=O)Nc2ccc3c(c2)OCCO3)cc1. The van der Waals surface area contributed by atoms with Crippen LogP contribution in [0.3, 0.4) is 0 Å². The monoisotopic (exact) mass is 413 g/mol. The molecule has 0 aliphatic carbocycles. The van der Waals surface area contributed by atoms with E-state index in [1.807, 2.05) is 0 Å². The summed E-state index contributed by atoms with van der Waals surface area (Å²) in [6.07, 6.45) is 0. The average molecular weight is 413 g/mol. The Balaban J connectivity index is 1.45. The van der Waals surface area contributed by atoms with Gasteiger partial charge in [0.1, 0.15) is 13.2 Å². The first kappa shape index (κ1) is 20.6.